The number of carbonyl (C=O) groups is 3. The van der Waals surface area contributed by atoms with Crippen LogP contribution in [0.2, 0.25) is 8.67 Å². The maximum Gasteiger partial charge on any atom is 0.326 e. The molecule has 1 amide bonds. The molecule has 0 fully saturated rings. The molecule has 1 rings (SSSR count). The minimum Gasteiger partial charge on any atom is -0.481 e. The zero-order valence-electron chi connectivity index (χ0n) is 8.65. The van der Waals surface area contributed by atoms with Crippen molar-refractivity contribution in [1.82, 2.24) is 5.32 Å². The molecule has 0 aliphatic rings. The van der Waals surface area contributed by atoms with Crippen molar-refractivity contribution in [2.45, 2.75) is 12.5 Å². The Balaban J connectivity index is 2.81. The van der Waals surface area contributed by atoms with E-state index < -0.39 is 30.3 Å². The van der Waals surface area contributed by atoms with Gasteiger partial charge in [0.15, 0.2) is 0 Å². The Labute approximate surface area is 115 Å². The van der Waals surface area contributed by atoms with Crippen LogP contribution in [-0.2, 0) is 9.59 Å². The number of thiophene rings is 1. The number of rotatable bonds is 5. The third kappa shape index (κ3) is 3.86. The molecule has 1 unspecified atom stereocenters. The summed E-state index contributed by atoms with van der Waals surface area (Å²) in [5.74, 6) is -3.56. The minimum atomic E-state index is -1.52. The monoisotopic (exact) mass is 311 g/mol. The summed E-state index contributed by atoms with van der Waals surface area (Å²) < 4.78 is 0.382. The van der Waals surface area contributed by atoms with Crippen molar-refractivity contribution in [3.05, 3.63) is 20.3 Å². The zero-order valence-corrected chi connectivity index (χ0v) is 11.0. The number of aliphatic carboxylic acids is 2. The van der Waals surface area contributed by atoms with Crippen LogP contribution in [0.15, 0.2) is 6.07 Å². The number of carboxylic acids is 2. The Morgan fingerprint density at radius 3 is 2.33 bits per heavy atom. The van der Waals surface area contributed by atoms with Crippen LogP contribution in [0.3, 0.4) is 0 Å². The van der Waals surface area contributed by atoms with E-state index in [9.17, 15) is 14.4 Å². The van der Waals surface area contributed by atoms with Gasteiger partial charge in [-0.3, -0.25) is 9.59 Å². The van der Waals surface area contributed by atoms with Crippen LogP contribution in [0.5, 0.6) is 0 Å². The molecule has 98 valence electrons. The second-order valence-corrected chi connectivity index (χ2v) is 5.49. The Bertz CT molecular complexity index is 501. The van der Waals surface area contributed by atoms with Crippen molar-refractivity contribution in [3.63, 3.8) is 0 Å². The summed E-state index contributed by atoms with van der Waals surface area (Å²) in [6.07, 6.45) is -0.726. The lowest BCUT2D eigenvalue weighted by molar-refractivity contribution is -0.145. The standard InChI is InChI=1S/C9H7Cl2NO5S/c10-5-1-3(7(11)18-5)8(15)12-4(9(16)17)2-6(13)14/h1,4H,2H2,(H,12,15)(H,13,14)(H,16,17). The van der Waals surface area contributed by atoms with Crippen LogP contribution in [0.4, 0.5) is 0 Å². The summed E-state index contributed by atoms with van der Waals surface area (Å²) in [6.45, 7) is 0. The molecule has 6 nitrogen and oxygen atoms in total. The van der Waals surface area contributed by atoms with E-state index in [0.29, 0.717) is 0 Å². The van der Waals surface area contributed by atoms with E-state index >= 15 is 0 Å². The van der Waals surface area contributed by atoms with Gasteiger partial charge in [-0.15, -0.1) is 11.3 Å². The highest BCUT2D eigenvalue weighted by Gasteiger charge is 2.25. The minimum absolute atomic E-state index is 0.0169. The van der Waals surface area contributed by atoms with Crippen LogP contribution in [-0.4, -0.2) is 34.1 Å². The van der Waals surface area contributed by atoms with Gasteiger partial charge in [0.05, 0.1) is 16.3 Å². The van der Waals surface area contributed by atoms with Crippen molar-refractivity contribution in [1.29, 1.82) is 0 Å². The van der Waals surface area contributed by atoms with E-state index in [1.165, 1.54) is 6.07 Å². The highest BCUT2D eigenvalue weighted by molar-refractivity contribution is 7.20. The Morgan fingerprint density at radius 1 is 1.33 bits per heavy atom. The fraction of sp³-hybridized carbons (Fsp3) is 0.222. The first-order valence-electron chi connectivity index (χ1n) is 4.51. The highest BCUT2D eigenvalue weighted by Crippen LogP contribution is 2.31. The molecule has 18 heavy (non-hydrogen) atoms. The van der Waals surface area contributed by atoms with Crippen LogP contribution in [0.25, 0.3) is 0 Å². The average Bonchev–Trinajstić information content (AvgIpc) is 2.56. The zero-order chi connectivity index (χ0) is 13.9. The van der Waals surface area contributed by atoms with Crippen molar-refractivity contribution in [2.24, 2.45) is 0 Å². The van der Waals surface area contributed by atoms with E-state index in [1.54, 1.807) is 0 Å². The smallest absolute Gasteiger partial charge is 0.326 e. The maximum absolute atomic E-state index is 11.7. The lowest BCUT2D eigenvalue weighted by Gasteiger charge is -2.11. The molecule has 0 bridgehead atoms. The number of carbonyl (C=O) groups excluding carboxylic acids is 1. The normalized spacial score (nSPS) is 11.9. The third-order valence-electron chi connectivity index (χ3n) is 1.88. The number of nitrogens with one attached hydrogen (secondary N) is 1. The van der Waals surface area contributed by atoms with E-state index in [2.05, 4.69) is 5.32 Å². The van der Waals surface area contributed by atoms with Gasteiger partial charge >= 0.3 is 11.9 Å². The predicted octanol–water partition coefficient (Wildman–Crippen LogP) is 1.71. The molecule has 0 saturated carbocycles. The summed E-state index contributed by atoms with van der Waals surface area (Å²) in [4.78, 5) is 32.9. The Morgan fingerprint density at radius 2 is 1.94 bits per heavy atom. The van der Waals surface area contributed by atoms with Crippen LogP contribution in [0.1, 0.15) is 16.8 Å². The lowest BCUT2D eigenvalue weighted by Crippen LogP contribution is -2.42. The predicted molar refractivity (Wildman–Crippen MR) is 65.5 cm³/mol. The molecule has 1 aromatic heterocycles. The largest absolute Gasteiger partial charge is 0.481 e. The molecule has 0 saturated heterocycles. The fourth-order valence-corrected chi connectivity index (χ4v) is 2.56. The van der Waals surface area contributed by atoms with Crippen LogP contribution >= 0.6 is 34.5 Å². The molecule has 9 heteroatoms. The van der Waals surface area contributed by atoms with Gasteiger partial charge in [0, 0.05) is 0 Å². The molecule has 1 aromatic rings. The van der Waals surface area contributed by atoms with Gasteiger partial charge in [-0.2, -0.15) is 0 Å². The molecule has 0 aliphatic carbocycles. The molecule has 0 radical (unpaired) electrons. The molecule has 3 N–H and O–H groups in total. The molecule has 1 heterocycles. The first kappa shape index (κ1) is 14.7. The molecule has 1 atom stereocenters. The van der Waals surface area contributed by atoms with E-state index in [1.807, 2.05) is 0 Å². The van der Waals surface area contributed by atoms with Crippen LogP contribution < -0.4 is 5.32 Å². The van der Waals surface area contributed by atoms with Gasteiger partial charge in [-0.25, -0.2) is 4.79 Å². The molecule has 0 aliphatic heterocycles. The van der Waals surface area contributed by atoms with Crippen molar-refractivity contribution in [3.8, 4) is 0 Å². The van der Waals surface area contributed by atoms with Crippen molar-refractivity contribution >= 4 is 52.4 Å². The van der Waals surface area contributed by atoms with Gasteiger partial charge in [-0.1, -0.05) is 23.2 Å². The molecular formula is C9H7Cl2NO5S. The summed E-state index contributed by atoms with van der Waals surface area (Å²) in [5.41, 5.74) is 0.0169. The van der Waals surface area contributed by atoms with Crippen molar-refractivity contribution in [2.75, 3.05) is 0 Å². The molecule has 0 aromatic carbocycles. The van der Waals surface area contributed by atoms with Gasteiger partial charge in [0.1, 0.15) is 10.4 Å². The van der Waals surface area contributed by atoms with E-state index in [-0.39, 0.29) is 14.2 Å². The Hall–Kier alpha value is -1.31. The quantitative estimate of drug-likeness (QED) is 0.768. The number of amides is 1. The van der Waals surface area contributed by atoms with E-state index in [4.69, 9.17) is 33.4 Å². The number of carboxylic acid groups (broad SMARTS) is 2. The number of hydrogen-bond acceptors (Lipinski definition) is 4. The highest BCUT2D eigenvalue weighted by atomic mass is 35.5. The van der Waals surface area contributed by atoms with Gasteiger partial charge in [-0.05, 0) is 6.07 Å². The summed E-state index contributed by atoms with van der Waals surface area (Å²) in [6, 6.07) is -0.242. The van der Waals surface area contributed by atoms with Crippen LogP contribution in [0, 0.1) is 0 Å². The van der Waals surface area contributed by atoms with Crippen molar-refractivity contribution < 1.29 is 24.6 Å². The number of halogens is 2. The second kappa shape index (κ2) is 6.03. The van der Waals surface area contributed by atoms with E-state index in [0.717, 1.165) is 11.3 Å². The first-order valence-corrected chi connectivity index (χ1v) is 6.08. The summed E-state index contributed by atoms with van der Waals surface area (Å²) >= 11 is 12.3. The van der Waals surface area contributed by atoms with Gasteiger partial charge < -0.3 is 15.5 Å². The average molecular weight is 312 g/mol. The lowest BCUT2D eigenvalue weighted by atomic mass is 10.2. The summed E-state index contributed by atoms with van der Waals surface area (Å²) in [5, 5.41) is 19.3. The van der Waals surface area contributed by atoms with Gasteiger partial charge in [0.2, 0.25) is 0 Å². The molecule has 0 spiro atoms. The maximum atomic E-state index is 11.7. The fourth-order valence-electron chi connectivity index (χ4n) is 1.11. The second-order valence-electron chi connectivity index (χ2n) is 3.20. The van der Waals surface area contributed by atoms with Gasteiger partial charge in [0.25, 0.3) is 5.91 Å². The first-order chi connectivity index (χ1) is 8.31. The Kier molecular flexibility index (Phi) is 4.94. The SMILES string of the molecule is O=C(O)CC(NC(=O)c1cc(Cl)sc1Cl)C(=O)O. The topological polar surface area (TPSA) is 104 Å². The summed E-state index contributed by atoms with van der Waals surface area (Å²) in [7, 11) is 0. The number of hydrogen-bond donors (Lipinski definition) is 3. The molecular weight excluding hydrogens is 305 g/mol. The third-order valence-corrected chi connectivity index (χ3v) is 3.37.